The second kappa shape index (κ2) is 8.85. The number of rotatable bonds is 4. The first kappa shape index (κ1) is 22.8. The lowest BCUT2D eigenvalue weighted by molar-refractivity contribution is -0.0328. The van der Waals surface area contributed by atoms with Crippen LogP contribution in [0.25, 0.3) is 33.2 Å². The van der Waals surface area contributed by atoms with Gasteiger partial charge in [0, 0.05) is 27.6 Å². The predicted molar refractivity (Wildman–Crippen MR) is 126 cm³/mol. The summed E-state index contributed by atoms with van der Waals surface area (Å²) in [5.41, 5.74) is 0.516. The van der Waals surface area contributed by atoms with E-state index in [0.29, 0.717) is 21.3 Å². The molecular weight excluding hydrogens is 478 g/mol. The zero-order valence-corrected chi connectivity index (χ0v) is 19.3. The van der Waals surface area contributed by atoms with E-state index in [1.807, 2.05) is 31.2 Å². The molecule has 8 heteroatoms. The van der Waals surface area contributed by atoms with Crippen LogP contribution in [-0.4, -0.2) is 17.6 Å². The lowest BCUT2D eigenvalue weighted by Gasteiger charge is -2.13. The number of alkyl halides is 3. The van der Waals surface area contributed by atoms with E-state index in [1.165, 1.54) is 12.1 Å². The van der Waals surface area contributed by atoms with E-state index in [9.17, 15) is 13.2 Å². The molecule has 0 fully saturated rings. The van der Waals surface area contributed by atoms with Crippen molar-refractivity contribution in [3.05, 3.63) is 76.4 Å². The molecule has 3 aromatic carbocycles. The number of aryl methyl sites for hydroxylation is 1. The first-order valence-corrected chi connectivity index (χ1v) is 11.0. The minimum absolute atomic E-state index is 0.127. The van der Waals surface area contributed by atoms with Gasteiger partial charge in [0.25, 0.3) is 0 Å². The highest BCUT2D eigenvalue weighted by atomic mass is 35.5. The van der Waals surface area contributed by atoms with Gasteiger partial charge >= 0.3 is 5.51 Å². The van der Waals surface area contributed by atoms with Crippen LogP contribution in [-0.2, 0) is 0 Å². The molecule has 32 heavy (non-hydrogen) atoms. The molecule has 0 saturated carbocycles. The monoisotopic (exact) mass is 493 g/mol. The number of hydrogen-bond donors (Lipinski definition) is 0. The molecule has 4 aromatic rings. The lowest BCUT2D eigenvalue weighted by atomic mass is 9.98. The van der Waals surface area contributed by atoms with Crippen LogP contribution in [0.4, 0.5) is 13.2 Å². The number of pyridine rings is 1. The third kappa shape index (κ3) is 4.68. The van der Waals surface area contributed by atoms with E-state index < -0.39 is 5.51 Å². The van der Waals surface area contributed by atoms with Gasteiger partial charge in [-0.1, -0.05) is 59.6 Å². The third-order valence-electron chi connectivity index (χ3n) is 4.97. The Kier molecular flexibility index (Phi) is 6.30. The van der Waals surface area contributed by atoms with Crippen molar-refractivity contribution >= 4 is 45.9 Å². The van der Waals surface area contributed by atoms with Crippen LogP contribution in [0.3, 0.4) is 0 Å². The number of ether oxygens (including phenoxy) is 1. The van der Waals surface area contributed by atoms with Crippen molar-refractivity contribution in [2.75, 3.05) is 7.11 Å². The normalized spacial score (nSPS) is 11.7. The Bertz CT molecular complexity index is 1290. The van der Waals surface area contributed by atoms with Crippen molar-refractivity contribution in [3.8, 4) is 28.0 Å². The molecule has 0 N–H and O–H groups in total. The van der Waals surface area contributed by atoms with E-state index in [0.717, 1.165) is 33.3 Å². The number of methoxy groups -OCH3 is 1. The molecule has 0 aliphatic carbocycles. The molecular formula is C24H16Cl2F3NOS. The predicted octanol–water partition coefficient (Wildman–Crippen LogP) is 8.80. The molecule has 0 atom stereocenters. The molecule has 0 radical (unpaired) electrons. The van der Waals surface area contributed by atoms with Crippen LogP contribution in [0, 0.1) is 6.92 Å². The molecule has 0 spiro atoms. The fourth-order valence-corrected chi connectivity index (χ4v) is 4.69. The van der Waals surface area contributed by atoms with Gasteiger partial charge in [0.2, 0.25) is 0 Å². The summed E-state index contributed by atoms with van der Waals surface area (Å²) in [5, 5.41) is 1.71. The number of halogens is 5. The molecule has 1 heterocycles. The lowest BCUT2D eigenvalue weighted by Crippen LogP contribution is -1.98. The number of thioether (sulfide) groups is 1. The summed E-state index contributed by atoms with van der Waals surface area (Å²) < 4.78 is 42.8. The van der Waals surface area contributed by atoms with Gasteiger partial charge in [-0.3, -0.25) is 4.98 Å². The van der Waals surface area contributed by atoms with Gasteiger partial charge in [0.05, 0.1) is 22.7 Å². The average Bonchev–Trinajstić information content (AvgIpc) is 2.74. The Hall–Kier alpha value is -2.41. The molecule has 4 rings (SSSR count). The second-order valence-corrected chi connectivity index (χ2v) is 8.96. The van der Waals surface area contributed by atoms with E-state index in [2.05, 4.69) is 4.98 Å². The number of hydrogen-bond acceptors (Lipinski definition) is 3. The fraction of sp³-hybridized carbons (Fsp3) is 0.125. The minimum Gasteiger partial charge on any atom is -0.495 e. The topological polar surface area (TPSA) is 22.1 Å². The van der Waals surface area contributed by atoms with Crippen molar-refractivity contribution in [1.29, 1.82) is 0 Å². The van der Waals surface area contributed by atoms with Crippen molar-refractivity contribution in [2.45, 2.75) is 17.3 Å². The number of fused-ring (bicyclic) bond motifs is 1. The summed E-state index contributed by atoms with van der Waals surface area (Å²) in [4.78, 5) is 4.82. The second-order valence-electron chi connectivity index (χ2n) is 7.04. The van der Waals surface area contributed by atoms with E-state index >= 15 is 0 Å². The Balaban J connectivity index is 1.68. The smallest absolute Gasteiger partial charge is 0.446 e. The largest absolute Gasteiger partial charge is 0.495 e. The molecule has 0 saturated heterocycles. The van der Waals surface area contributed by atoms with Gasteiger partial charge in [0.1, 0.15) is 5.75 Å². The maximum absolute atomic E-state index is 12.5. The molecule has 0 unspecified atom stereocenters. The Morgan fingerprint density at radius 2 is 1.44 bits per heavy atom. The van der Waals surface area contributed by atoms with Crippen LogP contribution in [0.5, 0.6) is 5.75 Å². The molecule has 0 aliphatic heterocycles. The van der Waals surface area contributed by atoms with E-state index in [-0.39, 0.29) is 16.7 Å². The highest BCUT2D eigenvalue weighted by molar-refractivity contribution is 8.00. The maximum Gasteiger partial charge on any atom is 0.446 e. The molecule has 0 amide bonds. The maximum atomic E-state index is 12.5. The Morgan fingerprint density at radius 3 is 2.00 bits per heavy atom. The quantitative estimate of drug-likeness (QED) is 0.265. The summed E-state index contributed by atoms with van der Waals surface area (Å²) in [6.07, 6.45) is 0. The number of aromatic nitrogens is 1. The van der Waals surface area contributed by atoms with Crippen LogP contribution >= 0.6 is 35.0 Å². The van der Waals surface area contributed by atoms with Gasteiger partial charge in [-0.2, -0.15) is 13.2 Å². The van der Waals surface area contributed by atoms with Crippen molar-refractivity contribution < 1.29 is 17.9 Å². The molecule has 2 nitrogen and oxygen atoms in total. The Morgan fingerprint density at radius 1 is 0.875 bits per heavy atom. The summed E-state index contributed by atoms with van der Waals surface area (Å²) in [5.74, 6) is 0.527. The molecule has 0 aliphatic rings. The average molecular weight is 494 g/mol. The van der Waals surface area contributed by atoms with Gasteiger partial charge in [0.15, 0.2) is 0 Å². The molecule has 164 valence electrons. The van der Waals surface area contributed by atoms with E-state index in [1.54, 1.807) is 31.4 Å². The number of nitrogens with zero attached hydrogens (tertiary/aromatic N) is 1. The van der Waals surface area contributed by atoms with Gasteiger partial charge < -0.3 is 4.74 Å². The molecule has 0 bridgehead atoms. The van der Waals surface area contributed by atoms with Gasteiger partial charge in [-0.25, -0.2) is 0 Å². The zero-order chi connectivity index (χ0) is 23.0. The molecule has 1 aromatic heterocycles. The summed E-state index contributed by atoms with van der Waals surface area (Å²) >= 11 is 12.9. The fourth-order valence-electron chi connectivity index (χ4n) is 3.51. The van der Waals surface area contributed by atoms with Crippen molar-refractivity contribution in [1.82, 2.24) is 4.98 Å². The third-order valence-corrected chi connectivity index (χ3v) is 6.40. The van der Waals surface area contributed by atoms with Crippen LogP contribution in [0.2, 0.25) is 10.0 Å². The number of benzene rings is 3. The van der Waals surface area contributed by atoms with Crippen LogP contribution in [0.1, 0.15) is 5.69 Å². The van der Waals surface area contributed by atoms with Crippen LogP contribution in [0.15, 0.2) is 65.6 Å². The van der Waals surface area contributed by atoms with Gasteiger partial charge in [-0.15, -0.1) is 0 Å². The van der Waals surface area contributed by atoms with Crippen molar-refractivity contribution in [2.24, 2.45) is 0 Å². The summed E-state index contributed by atoms with van der Waals surface area (Å²) in [6.45, 7) is 1.88. The Labute approximate surface area is 197 Å². The van der Waals surface area contributed by atoms with Crippen LogP contribution < -0.4 is 4.74 Å². The summed E-state index contributed by atoms with van der Waals surface area (Å²) in [6, 6.07) is 17.4. The first-order valence-electron chi connectivity index (χ1n) is 9.46. The summed E-state index contributed by atoms with van der Waals surface area (Å²) in [7, 11) is 1.54. The van der Waals surface area contributed by atoms with Gasteiger partial charge in [-0.05, 0) is 53.6 Å². The minimum atomic E-state index is -4.30. The van der Waals surface area contributed by atoms with E-state index in [4.69, 9.17) is 27.9 Å². The zero-order valence-electron chi connectivity index (χ0n) is 16.9. The highest BCUT2D eigenvalue weighted by Gasteiger charge is 2.29. The highest BCUT2D eigenvalue weighted by Crippen LogP contribution is 2.40. The standard InChI is InChI=1S/C24H16Cl2F3NOS/c1-13-22(23(26)18-11-19(25)21(31-2)12-20(18)30-13)16-5-3-14(4-6-16)15-7-9-17(10-8-15)32-24(27,28)29/h3-12H,1-2H3. The SMILES string of the molecule is COc1cc2nc(C)c(-c3ccc(-c4ccc(SC(F)(F)F)cc4)cc3)c(Cl)c2cc1Cl. The first-order chi connectivity index (χ1) is 15.2. The van der Waals surface area contributed by atoms with Crippen molar-refractivity contribution in [3.63, 3.8) is 0 Å².